The number of ether oxygens (including phenoxy) is 1. The van der Waals surface area contributed by atoms with Gasteiger partial charge in [-0.3, -0.25) is 0 Å². The smallest absolute Gasteiger partial charge is 0.134 e. The molecule has 0 aromatic heterocycles. The molecule has 1 nitrogen and oxygen atoms in total. The lowest BCUT2D eigenvalue weighted by molar-refractivity contribution is 0.405. The molecule has 0 saturated heterocycles. The molecule has 0 spiro atoms. The van der Waals surface area contributed by atoms with Crippen molar-refractivity contribution in [3.8, 4) is 5.75 Å². The molecule has 106 valence electrons. The number of methoxy groups -OCH3 is 1. The van der Waals surface area contributed by atoms with Gasteiger partial charge in [0.25, 0.3) is 0 Å². The minimum absolute atomic E-state index is 0.0609. The first kappa shape index (κ1) is 15.2. The maximum atomic E-state index is 14.0. The zero-order valence-corrected chi connectivity index (χ0v) is 12.6. The van der Waals surface area contributed by atoms with Gasteiger partial charge in [-0.25, -0.2) is 13.2 Å². The molecule has 0 aliphatic heterocycles. The van der Waals surface area contributed by atoms with Crippen molar-refractivity contribution in [2.45, 2.75) is 5.38 Å². The molecule has 0 aliphatic rings. The molecule has 0 bridgehead atoms. The lowest BCUT2D eigenvalue weighted by atomic mass is 10.0. The van der Waals surface area contributed by atoms with Gasteiger partial charge in [0.1, 0.15) is 23.2 Å². The van der Waals surface area contributed by atoms with Crippen LogP contribution in [0.15, 0.2) is 34.8 Å². The average molecular weight is 366 g/mol. The summed E-state index contributed by atoms with van der Waals surface area (Å²) in [5, 5.41) is -1.09. The summed E-state index contributed by atoms with van der Waals surface area (Å²) in [5.74, 6) is -2.05. The first-order valence-corrected chi connectivity index (χ1v) is 6.79. The Labute approximate surface area is 127 Å². The third-order valence-electron chi connectivity index (χ3n) is 2.78. The molecule has 2 aromatic carbocycles. The van der Waals surface area contributed by atoms with Crippen molar-refractivity contribution in [3.63, 3.8) is 0 Å². The van der Waals surface area contributed by atoms with Gasteiger partial charge in [0.05, 0.1) is 12.5 Å². The SMILES string of the molecule is COc1cc(F)c(C(Cl)c2ccc(F)cc2Br)c(F)c1. The Morgan fingerprint density at radius 3 is 2.20 bits per heavy atom. The van der Waals surface area contributed by atoms with E-state index in [0.717, 1.165) is 12.1 Å². The summed E-state index contributed by atoms with van der Waals surface area (Å²) in [4.78, 5) is 0. The summed E-state index contributed by atoms with van der Waals surface area (Å²) in [6.07, 6.45) is 0. The van der Waals surface area contributed by atoms with E-state index in [1.54, 1.807) is 0 Å². The second-order valence-electron chi connectivity index (χ2n) is 4.03. The van der Waals surface area contributed by atoms with Gasteiger partial charge < -0.3 is 4.74 Å². The van der Waals surface area contributed by atoms with Crippen LogP contribution < -0.4 is 4.74 Å². The summed E-state index contributed by atoms with van der Waals surface area (Å²) in [6, 6.07) is 5.83. The fourth-order valence-corrected chi connectivity index (χ4v) is 2.89. The topological polar surface area (TPSA) is 9.23 Å². The van der Waals surface area contributed by atoms with E-state index < -0.39 is 22.8 Å². The fraction of sp³-hybridized carbons (Fsp3) is 0.143. The second kappa shape index (κ2) is 6.06. The fourth-order valence-electron chi connectivity index (χ4n) is 1.78. The Morgan fingerprint density at radius 2 is 1.70 bits per heavy atom. The predicted octanol–water partition coefficient (Wildman–Crippen LogP) is 5.20. The van der Waals surface area contributed by atoms with E-state index in [-0.39, 0.29) is 11.3 Å². The quantitative estimate of drug-likeness (QED) is 0.679. The van der Waals surface area contributed by atoms with Crippen LogP contribution in [0.4, 0.5) is 13.2 Å². The molecule has 0 radical (unpaired) electrons. The van der Waals surface area contributed by atoms with Crippen LogP contribution in [0.5, 0.6) is 5.75 Å². The van der Waals surface area contributed by atoms with Crippen molar-refractivity contribution in [2.75, 3.05) is 7.11 Å². The minimum Gasteiger partial charge on any atom is -0.497 e. The highest BCUT2D eigenvalue weighted by Gasteiger charge is 2.23. The Bertz CT molecular complexity index is 625. The molecule has 0 fully saturated rings. The Kier molecular flexibility index (Phi) is 4.60. The number of alkyl halides is 1. The predicted molar refractivity (Wildman–Crippen MR) is 74.7 cm³/mol. The van der Waals surface area contributed by atoms with Crippen LogP contribution in [0.1, 0.15) is 16.5 Å². The minimum atomic E-state index is -1.09. The van der Waals surface area contributed by atoms with E-state index >= 15 is 0 Å². The van der Waals surface area contributed by atoms with Gasteiger partial charge in [0.2, 0.25) is 0 Å². The summed E-state index contributed by atoms with van der Waals surface area (Å²) in [7, 11) is 1.31. The molecule has 0 aliphatic carbocycles. The molecule has 2 aromatic rings. The first-order valence-electron chi connectivity index (χ1n) is 5.56. The molecular weight excluding hydrogens is 357 g/mol. The summed E-state index contributed by atoms with van der Waals surface area (Å²) >= 11 is 9.25. The van der Waals surface area contributed by atoms with Crippen LogP contribution in [0, 0.1) is 17.5 Å². The Morgan fingerprint density at radius 1 is 1.10 bits per heavy atom. The first-order chi connectivity index (χ1) is 9.43. The third-order valence-corrected chi connectivity index (χ3v) is 3.92. The molecular formula is C14H9BrClF3O. The zero-order valence-electron chi connectivity index (χ0n) is 10.3. The zero-order chi connectivity index (χ0) is 14.9. The lowest BCUT2D eigenvalue weighted by Gasteiger charge is -2.15. The molecule has 0 amide bonds. The number of hydrogen-bond donors (Lipinski definition) is 0. The van der Waals surface area contributed by atoms with Gasteiger partial charge in [-0.1, -0.05) is 22.0 Å². The summed E-state index contributed by atoms with van der Waals surface area (Å²) in [6.45, 7) is 0. The van der Waals surface area contributed by atoms with Gasteiger partial charge >= 0.3 is 0 Å². The monoisotopic (exact) mass is 364 g/mol. The van der Waals surface area contributed by atoms with E-state index in [2.05, 4.69) is 15.9 Å². The van der Waals surface area contributed by atoms with Crippen molar-refractivity contribution in [2.24, 2.45) is 0 Å². The lowest BCUT2D eigenvalue weighted by Crippen LogP contribution is -2.03. The van der Waals surface area contributed by atoms with E-state index in [1.165, 1.54) is 25.3 Å². The van der Waals surface area contributed by atoms with Crippen molar-refractivity contribution in [1.29, 1.82) is 0 Å². The van der Waals surface area contributed by atoms with Crippen LogP contribution in [-0.4, -0.2) is 7.11 Å². The Hall–Kier alpha value is -1.20. The maximum absolute atomic E-state index is 14.0. The largest absolute Gasteiger partial charge is 0.497 e. The molecule has 0 N–H and O–H groups in total. The molecule has 6 heteroatoms. The van der Waals surface area contributed by atoms with Crippen LogP contribution in [-0.2, 0) is 0 Å². The van der Waals surface area contributed by atoms with Crippen molar-refractivity contribution >= 4 is 27.5 Å². The average Bonchev–Trinajstić information content (AvgIpc) is 2.37. The van der Waals surface area contributed by atoms with Crippen molar-refractivity contribution in [1.82, 2.24) is 0 Å². The third kappa shape index (κ3) is 2.94. The van der Waals surface area contributed by atoms with Gasteiger partial charge in [0.15, 0.2) is 0 Å². The van der Waals surface area contributed by atoms with Crippen LogP contribution >= 0.6 is 27.5 Å². The van der Waals surface area contributed by atoms with E-state index in [9.17, 15) is 13.2 Å². The molecule has 2 rings (SSSR count). The standard InChI is InChI=1S/C14H9BrClF3O/c1-20-8-5-11(18)13(12(19)6-8)14(16)9-3-2-7(17)4-10(9)15/h2-6,14H,1H3. The van der Waals surface area contributed by atoms with Gasteiger partial charge in [-0.15, -0.1) is 11.6 Å². The van der Waals surface area contributed by atoms with Crippen LogP contribution in [0.25, 0.3) is 0 Å². The number of hydrogen-bond acceptors (Lipinski definition) is 1. The number of halogens is 5. The molecule has 1 atom stereocenters. The van der Waals surface area contributed by atoms with E-state index in [1.807, 2.05) is 0 Å². The molecule has 0 saturated carbocycles. The number of rotatable bonds is 3. The van der Waals surface area contributed by atoms with E-state index in [4.69, 9.17) is 16.3 Å². The molecule has 0 heterocycles. The highest BCUT2D eigenvalue weighted by Crippen LogP contribution is 2.37. The van der Waals surface area contributed by atoms with E-state index in [0.29, 0.717) is 10.0 Å². The van der Waals surface area contributed by atoms with Crippen LogP contribution in [0.2, 0.25) is 0 Å². The molecule has 1 unspecified atom stereocenters. The normalized spacial score (nSPS) is 12.3. The highest BCUT2D eigenvalue weighted by atomic mass is 79.9. The van der Waals surface area contributed by atoms with Gasteiger partial charge in [0, 0.05) is 22.2 Å². The Balaban J connectivity index is 2.50. The summed E-state index contributed by atoms with van der Waals surface area (Å²) in [5.41, 5.74) is 0.0656. The summed E-state index contributed by atoms with van der Waals surface area (Å²) < 4.78 is 46.0. The highest BCUT2D eigenvalue weighted by molar-refractivity contribution is 9.10. The number of benzene rings is 2. The second-order valence-corrected chi connectivity index (χ2v) is 5.32. The maximum Gasteiger partial charge on any atom is 0.134 e. The van der Waals surface area contributed by atoms with Crippen LogP contribution in [0.3, 0.4) is 0 Å². The van der Waals surface area contributed by atoms with Gasteiger partial charge in [-0.05, 0) is 17.7 Å². The molecule has 20 heavy (non-hydrogen) atoms. The van der Waals surface area contributed by atoms with Crippen molar-refractivity contribution in [3.05, 3.63) is 63.4 Å². The van der Waals surface area contributed by atoms with Crippen molar-refractivity contribution < 1.29 is 17.9 Å². The van der Waals surface area contributed by atoms with Gasteiger partial charge in [-0.2, -0.15) is 0 Å².